The van der Waals surface area contributed by atoms with E-state index in [4.69, 9.17) is 11.6 Å². The van der Waals surface area contributed by atoms with Crippen LogP contribution >= 0.6 is 11.6 Å². The van der Waals surface area contributed by atoms with Crippen LogP contribution in [0.3, 0.4) is 0 Å². The number of carbonyl (C=O) groups excluding carboxylic acids is 2. The second-order valence-electron chi connectivity index (χ2n) is 8.50. The van der Waals surface area contributed by atoms with Crippen LogP contribution < -0.4 is 10.6 Å². The van der Waals surface area contributed by atoms with E-state index in [2.05, 4.69) is 10.6 Å². The molecule has 0 spiro atoms. The van der Waals surface area contributed by atoms with Crippen molar-refractivity contribution < 1.29 is 14.0 Å². The standard InChI is InChI=1S/C23H24ClFN2O2/c1-13-9-15(3-8-19(13)24)22(29)27-20-12-23(10-16(20)11-23)14(2)21(28)26-18-6-4-17(25)5-7-18/h3-9,14,16,20H,10-12H2,1-2H3,(H,26,28)(H,27,29)/t14-,16?,20-,23?/m0/s1. The molecule has 2 aromatic carbocycles. The van der Waals surface area contributed by atoms with Crippen LogP contribution in [0.1, 0.15) is 42.1 Å². The van der Waals surface area contributed by atoms with Gasteiger partial charge in [-0.1, -0.05) is 18.5 Å². The smallest absolute Gasteiger partial charge is 0.251 e. The molecule has 3 aliphatic rings. The van der Waals surface area contributed by atoms with Gasteiger partial charge in [-0.2, -0.15) is 0 Å². The molecule has 2 bridgehead atoms. The third-order valence-corrected chi connectivity index (χ3v) is 7.12. The maximum absolute atomic E-state index is 13.1. The molecule has 29 heavy (non-hydrogen) atoms. The van der Waals surface area contributed by atoms with E-state index in [1.807, 2.05) is 13.8 Å². The number of rotatable bonds is 5. The molecule has 0 heterocycles. The lowest BCUT2D eigenvalue weighted by Gasteiger charge is -2.42. The second-order valence-corrected chi connectivity index (χ2v) is 8.90. The van der Waals surface area contributed by atoms with Gasteiger partial charge in [0, 0.05) is 28.2 Å². The van der Waals surface area contributed by atoms with E-state index >= 15 is 0 Å². The zero-order chi connectivity index (χ0) is 20.8. The lowest BCUT2D eigenvalue weighted by atomic mass is 9.62. The maximum Gasteiger partial charge on any atom is 0.251 e. The fourth-order valence-electron chi connectivity index (χ4n) is 4.84. The molecule has 152 valence electrons. The summed E-state index contributed by atoms with van der Waals surface area (Å²) in [6.45, 7) is 3.82. The van der Waals surface area contributed by atoms with Crippen molar-refractivity contribution in [3.05, 3.63) is 64.4 Å². The number of amides is 2. The van der Waals surface area contributed by atoms with E-state index in [1.165, 1.54) is 12.1 Å². The molecule has 3 saturated carbocycles. The largest absolute Gasteiger partial charge is 0.349 e. The van der Waals surface area contributed by atoms with Crippen LogP contribution in [0.4, 0.5) is 10.1 Å². The van der Waals surface area contributed by atoms with Crippen LogP contribution in [0.15, 0.2) is 42.5 Å². The van der Waals surface area contributed by atoms with Crippen molar-refractivity contribution in [1.29, 1.82) is 0 Å². The summed E-state index contributed by atoms with van der Waals surface area (Å²) in [7, 11) is 0. The summed E-state index contributed by atoms with van der Waals surface area (Å²) in [4.78, 5) is 25.4. The number of nitrogens with one attached hydrogen (secondary N) is 2. The van der Waals surface area contributed by atoms with Gasteiger partial charge in [0.05, 0.1) is 0 Å². The van der Waals surface area contributed by atoms with Gasteiger partial charge in [-0.3, -0.25) is 9.59 Å². The molecule has 0 radical (unpaired) electrons. The molecular weight excluding hydrogens is 391 g/mol. The molecule has 0 unspecified atom stereocenters. The molecule has 0 aromatic heterocycles. The third-order valence-electron chi connectivity index (χ3n) is 6.69. The van der Waals surface area contributed by atoms with Crippen molar-refractivity contribution in [3.8, 4) is 0 Å². The van der Waals surface area contributed by atoms with E-state index in [-0.39, 0.29) is 35.0 Å². The molecule has 2 N–H and O–H groups in total. The van der Waals surface area contributed by atoms with E-state index in [0.29, 0.717) is 22.2 Å². The molecule has 3 fully saturated rings. The predicted molar refractivity (Wildman–Crippen MR) is 111 cm³/mol. The average molecular weight is 415 g/mol. The topological polar surface area (TPSA) is 58.2 Å². The fraction of sp³-hybridized carbons (Fsp3) is 0.391. The number of hydrogen-bond donors (Lipinski definition) is 2. The van der Waals surface area contributed by atoms with Crippen LogP contribution in [0.5, 0.6) is 0 Å². The average Bonchev–Trinajstić information content (AvgIpc) is 3.20. The van der Waals surface area contributed by atoms with Crippen molar-refractivity contribution in [2.24, 2.45) is 17.3 Å². The van der Waals surface area contributed by atoms with Gasteiger partial charge in [-0.05, 0) is 85.5 Å². The zero-order valence-corrected chi connectivity index (χ0v) is 17.2. The van der Waals surface area contributed by atoms with Gasteiger partial charge in [0.2, 0.25) is 5.91 Å². The Hall–Kier alpha value is -2.40. The Morgan fingerprint density at radius 2 is 1.83 bits per heavy atom. The SMILES string of the molecule is Cc1cc(C(=O)N[C@H]2CC3([C@@H](C)C(=O)Nc4ccc(F)cc4)CC2C3)ccc1Cl. The van der Waals surface area contributed by atoms with Gasteiger partial charge in [0.25, 0.3) is 5.91 Å². The third kappa shape index (κ3) is 3.76. The summed E-state index contributed by atoms with van der Waals surface area (Å²) in [6.07, 6.45) is 2.68. The highest BCUT2D eigenvalue weighted by molar-refractivity contribution is 6.31. The zero-order valence-electron chi connectivity index (χ0n) is 16.5. The van der Waals surface area contributed by atoms with E-state index in [1.54, 1.807) is 30.3 Å². The Balaban J connectivity index is 1.37. The minimum atomic E-state index is -0.332. The highest BCUT2D eigenvalue weighted by Crippen LogP contribution is 2.62. The number of aryl methyl sites for hydroxylation is 1. The van der Waals surface area contributed by atoms with E-state index in [0.717, 1.165) is 24.8 Å². The second kappa shape index (κ2) is 7.45. The number of fused-ring (bicyclic) bond motifs is 1. The summed E-state index contributed by atoms with van der Waals surface area (Å²) >= 11 is 6.05. The maximum atomic E-state index is 13.1. The Labute approximate surface area is 174 Å². The van der Waals surface area contributed by atoms with Crippen molar-refractivity contribution in [2.45, 2.75) is 39.2 Å². The fourth-order valence-corrected chi connectivity index (χ4v) is 4.96. The Kier molecular flexibility index (Phi) is 5.11. The summed E-state index contributed by atoms with van der Waals surface area (Å²) < 4.78 is 13.1. The first-order chi connectivity index (χ1) is 13.8. The molecule has 2 atom stereocenters. The van der Waals surface area contributed by atoms with Gasteiger partial charge in [-0.15, -0.1) is 0 Å². The first-order valence-electron chi connectivity index (χ1n) is 9.91. The van der Waals surface area contributed by atoms with E-state index in [9.17, 15) is 14.0 Å². The Bertz CT molecular complexity index is 954. The summed E-state index contributed by atoms with van der Waals surface area (Å²) in [5.41, 5.74) is 1.99. The lowest BCUT2D eigenvalue weighted by molar-refractivity contribution is -0.125. The minimum Gasteiger partial charge on any atom is -0.349 e. The van der Waals surface area contributed by atoms with Crippen LogP contribution in [0, 0.1) is 30.0 Å². The Morgan fingerprint density at radius 1 is 1.14 bits per heavy atom. The van der Waals surface area contributed by atoms with Crippen molar-refractivity contribution >= 4 is 29.1 Å². The van der Waals surface area contributed by atoms with Gasteiger partial charge in [0.1, 0.15) is 5.82 Å². The van der Waals surface area contributed by atoms with E-state index < -0.39 is 0 Å². The number of halogens is 2. The number of anilines is 1. The molecule has 2 aromatic rings. The van der Waals surface area contributed by atoms with Gasteiger partial charge in [0.15, 0.2) is 0 Å². The Morgan fingerprint density at radius 3 is 2.48 bits per heavy atom. The lowest BCUT2D eigenvalue weighted by Crippen LogP contribution is -2.41. The van der Waals surface area contributed by atoms with Crippen LogP contribution in [-0.4, -0.2) is 17.9 Å². The highest BCUT2D eigenvalue weighted by atomic mass is 35.5. The first-order valence-corrected chi connectivity index (χ1v) is 10.3. The van der Waals surface area contributed by atoms with Crippen molar-refractivity contribution in [3.63, 3.8) is 0 Å². The molecule has 5 rings (SSSR count). The molecule has 0 aliphatic heterocycles. The normalized spacial score (nSPS) is 25.8. The molecule has 3 aliphatic carbocycles. The summed E-state index contributed by atoms with van der Waals surface area (Å²) in [6, 6.07) is 11.1. The first kappa shape index (κ1) is 19.9. The number of hydrogen-bond acceptors (Lipinski definition) is 2. The minimum absolute atomic E-state index is 0.0599. The van der Waals surface area contributed by atoms with Gasteiger partial charge >= 0.3 is 0 Å². The molecule has 6 heteroatoms. The quantitative estimate of drug-likeness (QED) is 0.726. The predicted octanol–water partition coefficient (Wildman–Crippen LogP) is 4.96. The van der Waals surface area contributed by atoms with Crippen LogP contribution in [-0.2, 0) is 4.79 Å². The summed E-state index contributed by atoms with van der Waals surface area (Å²) in [5.74, 6) is -0.255. The highest BCUT2D eigenvalue weighted by Gasteiger charge is 2.60. The molecule has 4 nitrogen and oxygen atoms in total. The molecule has 2 amide bonds. The van der Waals surface area contributed by atoms with Gasteiger partial charge in [-0.25, -0.2) is 4.39 Å². The van der Waals surface area contributed by atoms with Crippen molar-refractivity contribution in [1.82, 2.24) is 5.32 Å². The van der Waals surface area contributed by atoms with Crippen LogP contribution in [0.2, 0.25) is 5.02 Å². The van der Waals surface area contributed by atoms with Gasteiger partial charge < -0.3 is 10.6 Å². The number of carbonyl (C=O) groups is 2. The van der Waals surface area contributed by atoms with Crippen LogP contribution in [0.25, 0.3) is 0 Å². The monoisotopic (exact) mass is 414 g/mol. The molecule has 0 saturated heterocycles. The molecular formula is C23H24ClFN2O2. The summed E-state index contributed by atoms with van der Waals surface area (Å²) in [5, 5.41) is 6.68. The van der Waals surface area contributed by atoms with Crippen molar-refractivity contribution in [2.75, 3.05) is 5.32 Å². The number of benzene rings is 2.